The number of H-pyrrole nitrogens is 2. The van der Waals surface area contributed by atoms with Crippen molar-refractivity contribution in [1.82, 2.24) is 39.5 Å². The molecule has 10 aromatic heterocycles. The van der Waals surface area contributed by atoms with Gasteiger partial charge in [0.05, 0.1) is 81.0 Å². The van der Waals surface area contributed by atoms with Crippen LogP contribution in [0.15, 0.2) is 137 Å². The monoisotopic (exact) mass is 1020 g/mol. The van der Waals surface area contributed by atoms with Crippen LogP contribution in [0.5, 0.6) is 0 Å². The molecule has 16 nitrogen and oxygen atoms in total. The van der Waals surface area contributed by atoms with E-state index in [2.05, 4.69) is 30.2 Å². The zero-order valence-electron chi connectivity index (χ0n) is 38.6. The Balaban J connectivity index is 0.000000119. The number of aromatic amines is 2. The van der Waals surface area contributed by atoms with Crippen molar-refractivity contribution in [3.8, 4) is 0 Å². The van der Waals surface area contributed by atoms with Gasteiger partial charge in [-0.05, 0) is 87.5 Å². The first-order valence-corrected chi connectivity index (χ1v) is 23.0. The van der Waals surface area contributed by atoms with E-state index in [1.54, 1.807) is 80.2 Å². The maximum atomic E-state index is 15.0. The van der Waals surface area contributed by atoms with Crippen LogP contribution in [0.25, 0.3) is 110 Å². The quantitative estimate of drug-likeness (QED) is 0.125. The van der Waals surface area contributed by atoms with Gasteiger partial charge in [-0.25, -0.2) is 41.9 Å². The zero-order chi connectivity index (χ0) is 51.3. The number of furan rings is 2. The Morgan fingerprint density at radius 1 is 0.689 bits per heavy atom. The second-order valence-electron chi connectivity index (χ2n) is 18.1. The minimum absolute atomic E-state index is 0.0326. The molecule has 0 aliphatic rings. The smallest absolute Gasteiger partial charge is 0.435 e. The third-order valence-electron chi connectivity index (χ3n) is 12.4. The fourth-order valence-electron chi connectivity index (χ4n) is 9.28. The van der Waals surface area contributed by atoms with Gasteiger partial charge < -0.3 is 32.0 Å². The summed E-state index contributed by atoms with van der Waals surface area (Å²) in [4.78, 5) is 48.4. The molecule has 0 aliphatic carbocycles. The van der Waals surface area contributed by atoms with E-state index in [-0.39, 0.29) is 40.3 Å². The molecule has 0 bridgehead atoms. The van der Waals surface area contributed by atoms with Crippen LogP contribution in [0, 0.1) is 23.3 Å². The molecule has 14 rings (SSSR count). The second kappa shape index (κ2) is 17.2. The molecule has 14 aromatic rings. The summed E-state index contributed by atoms with van der Waals surface area (Å²) >= 11 is 5.63. The summed E-state index contributed by atoms with van der Waals surface area (Å²) in [7, 11) is 0. The molecule has 0 saturated carbocycles. The Hall–Kier alpha value is -9.30. The minimum atomic E-state index is -0.655. The van der Waals surface area contributed by atoms with Crippen molar-refractivity contribution in [1.29, 1.82) is 0 Å². The first-order valence-electron chi connectivity index (χ1n) is 22.5. The van der Waals surface area contributed by atoms with E-state index in [4.69, 9.17) is 34.0 Å². The van der Waals surface area contributed by atoms with Gasteiger partial charge in [-0.15, -0.1) is 11.6 Å². The summed E-state index contributed by atoms with van der Waals surface area (Å²) in [5, 5.41) is 16.2. The molecule has 10 heterocycles. The minimum Gasteiger partial charge on any atom is -0.463 e. The Morgan fingerprint density at radius 3 is 2.01 bits per heavy atom. The molecule has 4 aromatic carbocycles. The molecule has 368 valence electrons. The molecule has 0 radical (unpaired) electrons. The van der Waals surface area contributed by atoms with Crippen LogP contribution < -0.4 is 11.3 Å². The standard InChI is InChI=1S/C24H12F2N4O3.C16H7FN2O3.C13H14ClFN2O2/c25-15-7-17-11(9-28-29-17)6-12(15)10-30-18-8-16(26)13-3-5-32-22(13)20(18)19-14-2-1-4-27-23(14)33-24(31)21(19)30;17-9-6-10-12(14-7(9)3-5-21-14)11-8-2-1-4-18-15(8)22-16(20)13(11)19-10;1-13(2,3)19-12(18)17-11-5-10(15)8(6-14)4-9(11)7-16-17/h1-9H,10H2,(H,28,29);1-6,19H;4-5,7H,6H2,1-3H3. The lowest BCUT2D eigenvalue weighted by Crippen LogP contribution is -2.27. The Labute approximate surface area is 414 Å². The SMILES string of the molecule is CC(C)(C)OC(=O)n1ncc2cc(CCl)c(F)cc21.O=c1oc2ncccc2c2c1[nH]c1cc(F)c3ccoc3c12.O=c1oc2ncccc2c2c3c4occc4c(F)cc3n(Cc3cc4cn[nH]c4cc3F)c12. The average molecular weight is 1020 g/mol. The largest absolute Gasteiger partial charge is 0.463 e. The summed E-state index contributed by atoms with van der Waals surface area (Å²) in [5.41, 5.74) is 2.20. The van der Waals surface area contributed by atoms with Crippen molar-refractivity contribution >= 4 is 127 Å². The maximum Gasteiger partial charge on any atom is 0.435 e. The Bertz CT molecular complexity index is 4750. The van der Waals surface area contributed by atoms with Gasteiger partial charge in [0.25, 0.3) is 0 Å². The number of fused-ring (bicyclic) bond motifs is 16. The van der Waals surface area contributed by atoms with Gasteiger partial charge in [-0.2, -0.15) is 14.9 Å². The molecule has 0 unspecified atom stereocenters. The molecule has 0 amide bonds. The number of rotatable bonds is 3. The van der Waals surface area contributed by atoms with E-state index in [1.807, 2.05) is 0 Å². The Kier molecular flexibility index (Phi) is 10.6. The fraction of sp³-hybridized carbons (Fsp3) is 0.113. The van der Waals surface area contributed by atoms with Crippen molar-refractivity contribution in [3.05, 3.63) is 165 Å². The summed E-state index contributed by atoms with van der Waals surface area (Å²) in [6, 6.07) is 18.7. The molecule has 21 heteroatoms. The van der Waals surface area contributed by atoms with Crippen molar-refractivity contribution in [3.63, 3.8) is 0 Å². The number of ether oxygens (including phenoxy) is 1. The van der Waals surface area contributed by atoms with Crippen LogP contribution in [0.2, 0.25) is 0 Å². The van der Waals surface area contributed by atoms with Crippen LogP contribution in [-0.4, -0.2) is 51.2 Å². The topological polar surface area (TPSA) is 206 Å². The van der Waals surface area contributed by atoms with Gasteiger partial charge in [0.1, 0.15) is 51.1 Å². The van der Waals surface area contributed by atoms with E-state index < -0.39 is 46.2 Å². The maximum absolute atomic E-state index is 15.0. The van der Waals surface area contributed by atoms with Crippen LogP contribution >= 0.6 is 11.6 Å². The van der Waals surface area contributed by atoms with Crippen molar-refractivity contribution < 1.29 is 44.8 Å². The number of halogens is 5. The number of carbonyl (C=O) groups is 1. The lowest BCUT2D eigenvalue weighted by atomic mass is 10.1. The highest BCUT2D eigenvalue weighted by Crippen LogP contribution is 2.40. The highest BCUT2D eigenvalue weighted by molar-refractivity contribution is 6.26. The molecule has 74 heavy (non-hydrogen) atoms. The summed E-state index contributed by atoms with van der Waals surface area (Å²) in [5.74, 6) is -1.79. The number of hydrogen-bond acceptors (Lipinski definition) is 12. The fourth-order valence-corrected chi connectivity index (χ4v) is 9.48. The molecule has 0 saturated heterocycles. The molecule has 0 fully saturated rings. The number of nitrogens with one attached hydrogen (secondary N) is 2. The van der Waals surface area contributed by atoms with Gasteiger partial charge in [-0.3, -0.25) is 5.10 Å². The molecular formula is C53H33ClF4N8O8. The van der Waals surface area contributed by atoms with Crippen molar-refractivity contribution in [2.24, 2.45) is 0 Å². The van der Waals surface area contributed by atoms with Crippen LogP contribution in [0.1, 0.15) is 31.9 Å². The number of nitrogens with zero attached hydrogens (tertiary/aromatic N) is 6. The van der Waals surface area contributed by atoms with Gasteiger partial charge in [-0.1, -0.05) is 0 Å². The van der Waals surface area contributed by atoms with E-state index in [9.17, 15) is 31.9 Å². The van der Waals surface area contributed by atoms with Gasteiger partial charge in [0.2, 0.25) is 11.4 Å². The van der Waals surface area contributed by atoms with E-state index in [0.717, 1.165) is 4.68 Å². The summed E-state index contributed by atoms with van der Waals surface area (Å²) < 4.78 is 87.3. The first-order chi connectivity index (χ1) is 35.6. The number of alkyl halides is 1. The highest BCUT2D eigenvalue weighted by atomic mass is 35.5. The van der Waals surface area contributed by atoms with Crippen LogP contribution in [0.3, 0.4) is 0 Å². The first kappa shape index (κ1) is 45.8. The van der Waals surface area contributed by atoms with Crippen molar-refractivity contribution in [2.75, 3.05) is 0 Å². The molecule has 0 atom stereocenters. The van der Waals surface area contributed by atoms with Gasteiger partial charge in [0, 0.05) is 61.9 Å². The second-order valence-corrected chi connectivity index (χ2v) is 18.4. The number of hydrogen-bond donors (Lipinski definition) is 2. The van der Waals surface area contributed by atoms with E-state index in [1.165, 1.54) is 55.3 Å². The third-order valence-corrected chi connectivity index (χ3v) is 12.7. The number of carbonyl (C=O) groups excluding carboxylic acids is 1. The zero-order valence-corrected chi connectivity index (χ0v) is 39.4. The Morgan fingerprint density at radius 2 is 1.31 bits per heavy atom. The number of aromatic nitrogens is 8. The summed E-state index contributed by atoms with van der Waals surface area (Å²) in [6.07, 6.45) is 8.33. The lowest BCUT2D eigenvalue weighted by Gasteiger charge is -2.19. The molecular weight excluding hydrogens is 988 g/mol. The van der Waals surface area contributed by atoms with Gasteiger partial charge in [0.15, 0.2) is 0 Å². The average Bonchev–Trinajstić information content (AvgIpc) is 4.24. The highest BCUT2D eigenvalue weighted by Gasteiger charge is 2.26. The molecule has 2 N–H and O–H groups in total. The lowest BCUT2D eigenvalue weighted by molar-refractivity contribution is 0.0522. The van der Waals surface area contributed by atoms with Crippen molar-refractivity contribution in [2.45, 2.75) is 38.8 Å². The normalized spacial score (nSPS) is 12.1. The van der Waals surface area contributed by atoms with Crippen LogP contribution in [0.4, 0.5) is 22.4 Å². The number of pyridine rings is 2. The van der Waals surface area contributed by atoms with Crippen LogP contribution in [-0.2, 0) is 17.2 Å². The third kappa shape index (κ3) is 7.47. The molecule has 0 spiro atoms. The summed E-state index contributed by atoms with van der Waals surface area (Å²) in [6.45, 7) is 5.23. The van der Waals surface area contributed by atoms with Gasteiger partial charge >= 0.3 is 17.3 Å². The molecule has 0 aliphatic heterocycles. The predicted molar refractivity (Wildman–Crippen MR) is 268 cm³/mol. The number of benzene rings is 4. The predicted octanol–water partition coefficient (Wildman–Crippen LogP) is 12.7. The van der Waals surface area contributed by atoms with E-state index in [0.29, 0.717) is 92.8 Å². The van der Waals surface area contributed by atoms with E-state index >= 15 is 0 Å².